The minimum atomic E-state index is -0.00790. The van der Waals surface area contributed by atoms with Gasteiger partial charge in [0.2, 0.25) is 17.5 Å². The number of methoxy groups -OCH3 is 1. The standard InChI is InChI=1S/C21H19N3O2/c1-15(17-8-4-3-5-9-17)23-21-19(14-22)24-20(26-21)12-11-16-7-6-10-18(13-16)25-2/h3-13,15,23H,1-2H3/b12-11+. The molecule has 5 heteroatoms. The lowest BCUT2D eigenvalue weighted by Gasteiger charge is -2.12. The number of ether oxygens (including phenoxy) is 1. The van der Waals surface area contributed by atoms with Crippen LogP contribution in [0, 0.1) is 11.3 Å². The fourth-order valence-corrected chi connectivity index (χ4v) is 2.52. The molecular weight excluding hydrogens is 326 g/mol. The van der Waals surface area contributed by atoms with Gasteiger partial charge < -0.3 is 14.5 Å². The first-order valence-corrected chi connectivity index (χ1v) is 8.24. The molecule has 0 bridgehead atoms. The zero-order valence-electron chi connectivity index (χ0n) is 14.6. The molecule has 0 spiro atoms. The molecule has 5 nitrogen and oxygen atoms in total. The lowest BCUT2D eigenvalue weighted by atomic mass is 10.1. The Morgan fingerprint density at radius 3 is 2.69 bits per heavy atom. The van der Waals surface area contributed by atoms with Crippen molar-refractivity contribution in [3.05, 3.63) is 77.3 Å². The highest BCUT2D eigenvalue weighted by atomic mass is 16.5. The van der Waals surface area contributed by atoms with E-state index in [0.717, 1.165) is 16.9 Å². The van der Waals surface area contributed by atoms with Crippen LogP contribution in [0.2, 0.25) is 0 Å². The van der Waals surface area contributed by atoms with Gasteiger partial charge in [0.1, 0.15) is 11.8 Å². The molecule has 0 fully saturated rings. The van der Waals surface area contributed by atoms with E-state index in [4.69, 9.17) is 9.15 Å². The van der Waals surface area contributed by atoms with Crippen LogP contribution >= 0.6 is 0 Å². The number of oxazole rings is 1. The van der Waals surface area contributed by atoms with Gasteiger partial charge in [-0.25, -0.2) is 0 Å². The van der Waals surface area contributed by atoms with Crippen LogP contribution in [0.25, 0.3) is 12.2 Å². The number of benzene rings is 2. The Morgan fingerprint density at radius 1 is 1.15 bits per heavy atom. The minimum absolute atomic E-state index is 0.00790. The molecule has 0 radical (unpaired) electrons. The maximum Gasteiger partial charge on any atom is 0.233 e. The average Bonchev–Trinajstić information content (AvgIpc) is 3.09. The first kappa shape index (κ1) is 17.3. The molecule has 1 unspecified atom stereocenters. The van der Waals surface area contributed by atoms with Crippen molar-refractivity contribution in [1.29, 1.82) is 5.26 Å². The van der Waals surface area contributed by atoms with Gasteiger partial charge >= 0.3 is 0 Å². The van der Waals surface area contributed by atoms with E-state index < -0.39 is 0 Å². The van der Waals surface area contributed by atoms with E-state index in [9.17, 15) is 5.26 Å². The zero-order chi connectivity index (χ0) is 18.4. The van der Waals surface area contributed by atoms with Gasteiger partial charge in [-0.3, -0.25) is 0 Å². The number of rotatable bonds is 6. The summed E-state index contributed by atoms with van der Waals surface area (Å²) in [5, 5.41) is 12.5. The molecular formula is C21H19N3O2. The Morgan fingerprint density at radius 2 is 1.96 bits per heavy atom. The van der Waals surface area contributed by atoms with Gasteiger partial charge in [-0.15, -0.1) is 0 Å². The van der Waals surface area contributed by atoms with Crippen LogP contribution in [0.3, 0.4) is 0 Å². The maximum atomic E-state index is 9.32. The van der Waals surface area contributed by atoms with Crippen LogP contribution in [-0.2, 0) is 0 Å². The summed E-state index contributed by atoms with van der Waals surface area (Å²) in [5.74, 6) is 1.51. The summed E-state index contributed by atoms with van der Waals surface area (Å²) in [5.41, 5.74) is 2.28. The lowest BCUT2D eigenvalue weighted by molar-refractivity contribution is 0.414. The molecule has 1 atom stereocenters. The van der Waals surface area contributed by atoms with Gasteiger partial charge in [0.25, 0.3) is 0 Å². The van der Waals surface area contributed by atoms with Crippen molar-refractivity contribution in [2.75, 3.05) is 12.4 Å². The second kappa shape index (κ2) is 8.04. The first-order valence-electron chi connectivity index (χ1n) is 8.24. The van der Waals surface area contributed by atoms with E-state index in [1.165, 1.54) is 0 Å². The zero-order valence-corrected chi connectivity index (χ0v) is 14.6. The van der Waals surface area contributed by atoms with E-state index in [2.05, 4.69) is 16.4 Å². The third-order valence-corrected chi connectivity index (χ3v) is 3.91. The van der Waals surface area contributed by atoms with Crippen molar-refractivity contribution < 1.29 is 9.15 Å². The van der Waals surface area contributed by atoms with Crippen molar-refractivity contribution >= 4 is 18.0 Å². The monoisotopic (exact) mass is 345 g/mol. The number of anilines is 1. The van der Waals surface area contributed by atoms with Crippen molar-refractivity contribution in [1.82, 2.24) is 4.98 Å². The minimum Gasteiger partial charge on any atom is -0.497 e. The summed E-state index contributed by atoms with van der Waals surface area (Å²) < 4.78 is 10.9. The molecule has 130 valence electrons. The van der Waals surface area contributed by atoms with Gasteiger partial charge in [0.05, 0.1) is 13.2 Å². The number of nitriles is 1. The highest BCUT2D eigenvalue weighted by Gasteiger charge is 2.14. The van der Waals surface area contributed by atoms with Gasteiger partial charge in [0, 0.05) is 6.08 Å². The highest BCUT2D eigenvalue weighted by molar-refractivity contribution is 5.68. The predicted molar refractivity (Wildman–Crippen MR) is 102 cm³/mol. The van der Waals surface area contributed by atoms with Crippen LogP contribution in [0.4, 0.5) is 5.88 Å². The van der Waals surface area contributed by atoms with Crippen molar-refractivity contribution in [2.45, 2.75) is 13.0 Å². The summed E-state index contributed by atoms with van der Waals surface area (Å²) in [6, 6.07) is 19.6. The fraction of sp³-hybridized carbons (Fsp3) is 0.143. The fourth-order valence-electron chi connectivity index (χ4n) is 2.52. The van der Waals surface area contributed by atoms with E-state index in [1.54, 1.807) is 13.2 Å². The molecule has 1 heterocycles. The largest absolute Gasteiger partial charge is 0.497 e. The molecule has 3 aromatic rings. The van der Waals surface area contributed by atoms with Gasteiger partial charge in [-0.2, -0.15) is 10.2 Å². The SMILES string of the molecule is COc1cccc(/C=C/c2nc(C#N)c(NC(C)c3ccccc3)o2)c1. The summed E-state index contributed by atoms with van der Waals surface area (Å²) in [7, 11) is 1.63. The molecule has 2 aromatic carbocycles. The average molecular weight is 345 g/mol. The molecule has 0 aliphatic heterocycles. The second-order valence-electron chi connectivity index (χ2n) is 5.73. The van der Waals surface area contributed by atoms with Crippen molar-refractivity contribution in [2.24, 2.45) is 0 Å². The molecule has 1 N–H and O–H groups in total. The third-order valence-electron chi connectivity index (χ3n) is 3.91. The van der Waals surface area contributed by atoms with E-state index in [-0.39, 0.29) is 11.7 Å². The summed E-state index contributed by atoms with van der Waals surface area (Å²) in [4.78, 5) is 4.22. The molecule has 1 aromatic heterocycles. The number of nitrogens with zero attached hydrogens (tertiary/aromatic N) is 2. The topological polar surface area (TPSA) is 71.1 Å². The summed E-state index contributed by atoms with van der Waals surface area (Å²) >= 11 is 0. The Kier molecular flexibility index (Phi) is 5.35. The Balaban J connectivity index is 1.78. The molecule has 26 heavy (non-hydrogen) atoms. The normalized spacial score (nSPS) is 11.9. The van der Waals surface area contributed by atoms with Crippen LogP contribution in [-0.4, -0.2) is 12.1 Å². The van der Waals surface area contributed by atoms with Crippen LogP contribution in [0.15, 0.2) is 59.0 Å². The van der Waals surface area contributed by atoms with Gasteiger partial charge in [-0.05, 0) is 36.3 Å². The Hall–Kier alpha value is -3.52. The summed E-state index contributed by atoms with van der Waals surface area (Å²) in [6.45, 7) is 2.00. The van der Waals surface area contributed by atoms with Gasteiger partial charge in [-0.1, -0.05) is 42.5 Å². The third kappa shape index (κ3) is 4.11. The van der Waals surface area contributed by atoms with Gasteiger partial charge in [0.15, 0.2) is 0 Å². The quantitative estimate of drug-likeness (QED) is 0.688. The van der Waals surface area contributed by atoms with Crippen molar-refractivity contribution in [3.8, 4) is 11.8 Å². The van der Waals surface area contributed by atoms with Crippen LogP contribution in [0.1, 0.15) is 35.7 Å². The summed E-state index contributed by atoms with van der Waals surface area (Å²) in [6.07, 6.45) is 3.59. The number of hydrogen-bond acceptors (Lipinski definition) is 5. The van der Waals surface area contributed by atoms with Crippen LogP contribution < -0.4 is 10.1 Å². The highest BCUT2D eigenvalue weighted by Crippen LogP contribution is 2.24. The van der Waals surface area contributed by atoms with E-state index in [1.807, 2.05) is 67.6 Å². The molecule has 0 saturated carbocycles. The second-order valence-corrected chi connectivity index (χ2v) is 5.73. The van der Waals surface area contributed by atoms with E-state index in [0.29, 0.717) is 11.8 Å². The van der Waals surface area contributed by atoms with Crippen LogP contribution in [0.5, 0.6) is 5.75 Å². The molecule has 0 saturated heterocycles. The number of aromatic nitrogens is 1. The number of hydrogen-bond donors (Lipinski definition) is 1. The Labute approximate surface area is 152 Å². The lowest BCUT2D eigenvalue weighted by Crippen LogP contribution is -2.06. The maximum absolute atomic E-state index is 9.32. The van der Waals surface area contributed by atoms with Crippen molar-refractivity contribution in [3.63, 3.8) is 0 Å². The predicted octanol–water partition coefficient (Wildman–Crippen LogP) is 4.90. The molecule has 0 amide bonds. The molecule has 0 aliphatic carbocycles. The first-order chi connectivity index (χ1) is 12.7. The smallest absolute Gasteiger partial charge is 0.233 e. The Bertz CT molecular complexity index is 939. The molecule has 0 aliphatic rings. The molecule has 3 rings (SSSR count). The van der Waals surface area contributed by atoms with E-state index >= 15 is 0 Å². The number of nitrogens with one attached hydrogen (secondary N) is 1.